The summed E-state index contributed by atoms with van der Waals surface area (Å²) in [6.45, 7) is -0.885. The van der Waals surface area contributed by atoms with Gasteiger partial charge in [-0.2, -0.15) is 58.9 Å². The first-order valence-electron chi connectivity index (χ1n) is 21.5. The van der Waals surface area contributed by atoms with Crippen molar-refractivity contribution in [3.05, 3.63) is 108 Å². The Morgan fingerprint density at radius 1 is 0.558 bits per heavy atom. The summed E-state index contributed by atoms with van der Waals surface area (Å²) in [6.07, 6.45) is -0.572. The molecule has 6 aromatic rings. The number of halogens is 2. The van der Waals surface area contributed by atoms with Crippen molar-refractivity contribution in [2.45, 2.75) is 29.2 Å². The fourth-order valence-corrected chi connectivity index (χ4v) is 8.67. The molecule has 0 saturated carbocycles. The summed E-state index contributed by atoms with van der Waals surface area (Å²) in [7, 11) is -16.2. The summed E-state index contributed by atoms with van der Waals surface area (Å²) in [5.41, 5.74) is -1.45. The minimum absolute atomic E-state index is 0.0163. The minimum atomic E-state index is -4.82. The van der Waals surface area contributed by atoms with Crippen LogP contribution >= 0.6 is 0 Å². The van der Waals surface area contributed by atoms with Crippen LogP contribution in [0.3, 0.4) is 0 Å². The Kier molecular flexibility index (Phi) is 18.6. The van der Waals surface area contributed by atoms with Crippen LogP contribution in [-0.4, -0.2) is 117 Å². The first-order valence-corrected chi connectivity index (χ1v) is 27.6. The molecule has 0 amide bonds. The lowest BCUT2D eigenvalue weighted by Gasteiger charge is -2.16. The lowest BCUT2D eigenvalue weighted by molar-refractivity contribution is 0.0696. The first-order chi connectivity index (χ1) is 36.2. The molecule has 0 unspecified atom stereocenters. The molecule has 0 radical (unpaired) electrons. The molecule has 6 rings (SSSR count). The number of nitrogens with one attached hydrogen (secondary N) is 3. The van der Waals surface area contributed by atoms with Crippen molar-refractivity contribution in [2.75, 3.05) is 54.9 Å². The third-order valence-corrected chi connectivity index (χ3v) is 13.2. The zero-order valence-electron chi connectivity index (χ0n) is 39.6. The van der Waals surface area contributed by atoms with E-state index in [0.717, 1.165) is 62.8 Å². The topological polar surface area (TPSA) is 416 Å². The van der Waals surface area contributed by atoms with Crippen molar-refractivity contribution >= 4 is 98.4 Å². The number of ether oxygens (including phenoxy) is 4. The Morgan fingerprint density at radius 2 is 0.974 bits per heavy atom. The fraction of sp³-hybridized carbons (Fsp3) is 0.209. The maximum atomic E-state index is 16.0. The largest absolute Gasteiger partial charge is 0.495 e. The number of carboxylic acids is 1. The van der Waals surface area contributed by atoms with E-state index in [4.69, 9.17) is 18.9 Å². The van der Waals surface area contributed by atoms with Crippen LogP contribution < -0.4 is 34.9 Å². The third kappa shape index (κ3) is 17.2. The number of aromatic carboxylic acids is 1. The Balaban J connectivity index is 1.41. The van der Waals surface area contributed by atoms with Crippen molar-refractivity contribution in [3.8, 4) is 23.0 Å². The van der Waals surface area contributed by atoms with E-state index < -0.39 is 116 Å². The van der Waals surface area contributed by atoms with Crippen molar-refractivity contribution < 1.29 is 89.5 Å². The summed E-state index contributed by atoms with van der Waals surface area (Å²) < 4.78 is 185. The molecule has 28 nitrogen and oxygen atoms in total. The highest BCUT2D eigenvalue weighted by atomic mass is 32.2. The number of azo groups is 2. The Hall–Kier alpha value is -8.12. The SMILES string of the molecule is COc1ccc(N=Nc2cc(OCCCS(=O)(=O)O)c(Nc3nc(NCc4ccc(C(=O)O)cc4)nc(Nc4cc(F)c(N=Nc5ccc(OC)c(S(=O)(=O)O)c5)cc4OCCCS(=O)(=O)O)n3)cc2F)cc1S(=O)(=O)O. The third-order valence-electron chi connectivity index (χ3n) is 9.88. The van der Waals surface area contributed by atoms with Crippen LogP contribution in [0.2, 0.25) is 0 Å². The fourth-order valence-electron chi connectivity index (χ4n) is 6.36. The van der Waals surface area contributed by atoms with E-state index in [2.05, 4.69) is 51.4 Å². The highest BCUT2D eigenvalue weighted by Crippen LogP contribution is 2.39. The molecular formula is C43H42F2N10O18S4. The van der Waals surface area contributed by atoms with E-state index in [1.165, 1.54) is 36.4 Å². The number of methoxy groups -OCH3 is 2. The second kappa shape index (κ2) is 24.7. The maximum Gasteiger partial charge on any atom is 0.335 e. The van der Waals surface area contributed by atoms with Crippen LogP contribution in [0.4, 0.5) is 60.8 Å². The number of anilines is 5. The maximum absolute atomic E-state index is 16.0. The van der Waals surface area contributed by atoms with Gasteiger partial charge < -0.3 is 40.0 Å². The monoisotopic (exact) mass is 1150 g/mol. The molecule has 0 saturated heterocycles. The van der Waals surface area contributed by atoms with Gasteiger partial charge in [0.15, 0.2) is 11.6 Å². The molecule has 0 aliphatic rings. The number of carbonyl (C=O) groups is 1. The predicted octanol–water partition coefficient (Wildman–Crippen LogP) is 7.60. The second-order valence-corrected chi connectivity index (χ2v) is 21.4. The molecule has 1 aromatic heterocycles. The molecule has 410 valence electrons. The van der Waals surface area contributed by atoms with Crippen molar-refractivity contribution in [2.24, 2.45) is 20.5 Å². The molecule has 0 spiro atoms. The van der Waals surface area contributed by atoms with Gasteiger partial charge in [0.2, 0.25) is 17.8 Å². The van der Waals surface area contributed by atoms with E-state index in [1.54, 1.807) is 0 Å². The van der Waals surface area contributed by atoms with Crippen LogP contribution in [0, 0.1) is 11.6 Å². The Morgan fingerprint density at radius 3 is 1.35 bits per heavy atom. The minimum Gasteiger partial charge on any atom is -0.495 e. The molecule has 0 aliphatic carbocycles. The molecule has 0 aliphatic heterocycles. The number of aromatic nitrogens is 3. The Labute approximate surface area is 436 Å². The van der Waals surface area contributed by atoms with Crippen LogP contribution in [0.15, 0.2) is 115 Å². The molecule has 5 aromatic carbocycles. The van der Waals surface area contributed by atoms with Crippen LogP contribution in [0.25, 0.3) is 0 Å². The highest BCUT2D eigenvalue weighted by molar-refractivity contribution is 7.86. The quantitative estimate of drug-likeness (QED) is 0.0147. The zero-order valence-corrected chi connectivity index (χ0v) is 42.9. The van der Waals surface area contributed by atoms with Gasteiger partial charge in [-0.15, -0.1) is 10.2 Å². The van der Waals surface area contributed by atoms with Crippen LogP contribution in [0.1, 0.15) is 28.8 Å². The van der Waals surface area contributed by atoms with Gasteiger partial charge in [0.1, 0.15) is 44.2 Å². The van der Waals surface area contributed by atoms with E-state index in [9.17, 15) is 61.8 Å². The van der Waals surface area contributed by atoms with Gasteiger partial charge in [0, 0.05) is 30.8 Å². The number of carboxylic acid groups (broad SMARTS) is 1. The van der Waals surface area contributed by atoms with Gasteiger partial charge in [-0.3, -0.25) is 18.2 Å². The molecule has 0 fully saturated rings. The van der Waals surface area contributed by atoms with Gasteiger partial charge in [0.05, 0.1) is 67.3 Å². The molecule has 1 heterocycles. The Bertz CT molecular complexity index is 3500. The summed E-state index contributed by atoms with van der Waals surface area (Å²) in [4.78, 5) is 23.1. The average molecular weight is 1150 g/mol. The summed E-state index contributed by atoms with van der Waals surface area (Å²) in [6, 6.07) is 15.9. The first kappa shape index (κ1) is 58.1. The smallest absolute Gasteiger partial charge is 0.335 e. The molecular weight excluding hydrogens is 1110 g/mol. The number of hydrogen-bond donors (Lipinski definition) is 8. The van der Waals surface area contributed by atoms with Gasteiger partial charge >= 0.3 is 5.97 Å². The van der Waals surface area contributed by atoms with E-state index in [-0.39, 0.29) is 76.6 Å². The molecule has 77 heavy (non-hydrogen) atoms. The predicted molar refractivity (Wildman–Crippen MR) is 267 cm³/mol. The van der Waals surface area contributed by atoms with E-state index in [1.807, 2.05) is 0 Å². The van der Waals surface area contributed by atoms with Gasteiger partial charge in [-0.1, -0.05) is 12.1 Å². The average Bonchev–Trinajstić information content (AvgIpc) is 3.35. The van der Waals surface area contributed by atoms with Gasteiger partial charge in [-0.25, -0.2) is 13.6 Å². The summed E-state index contributed by atoms with van der Waals surface area (Å²) >= 11 is 0. The number of benzene rings is 5. The van der Waals surface area contributed by atoms with Crippen molar-refractivity contribution in [1.29, 1.82) is 0 Å². The summed E-state index contributed by atoms with van der Waals surface area (Å²) in [5.74, 6) is -6.95. The number of hydrogen-bond acceptors (Lipinski definition) is 23. The van der Waals surface area contributed by atoms with Crippen LogP contribution in [0.5, 0.6) is 23.0 Å². The molecule has 0 bridgehead atoms. The molecule has 8 N–H and O–H groups in total. The zero-order chi connectivity index (χ0) is 56.3. The standard InChI is InChI=1S/C43H42F2N10O18S4/c1-70-34-11-9-26(17-38(34)76(64,65)66)52-54-30-21-36(72-13-3-15-74(58,59)60)32(19-28(30)44)47-42-49-41(46-23-24-5-7-25(8-6-24)40(56)57)50-43(51-42)48-33-20-29(45)31(22-37(33)73-14-4-16-75(61,62)63)55-53-27-10-12-35(71-2)39(18-27)77(67,68)69/h5-12,17-22H,3-4,13-16,23H2,1-2H3,(H,56,57)(H,58,59,60)(H,61,62,63)(H,64,65,66)(H,67,68,69)(H3,46,47,48,49,50,51). The molecule has 34 heteroatoms. The summed E-state index contributed by atoms with van der Waals surface area (Å²) in [5, 5.41) is 33.1. The number of rotatable bonds is 26. The van der Waals surface area contributed by atoms with Gasteiger partial charge in [0.25, 0.3) is 40.5 Å². The number of nitrogens with zero attached hydrogens (tertiary/aromatic N) is 7. The normalized spacial score (nSPS) is 12.2. The van der Waals surface area contributed by atoms with Gasteiger partial charge in [-0.05, 0) is 66.9 Å². The lowest BCUT2D eigenvalue weighted by atomic mass is 10.1. The van der Waals surface area contributed by atoms with E-state index >= 15 is 8.78 Å². The van der Waals surface area contributed by atoms with E-state index in [0.29, 0.717) is 5.56 Å². The van der Waals surface area contributed by atoms with Crippen molar-refractivity contribution in [3.63, 3.8) is 0 Å². The van der Waals surface area contributed by atoms with Crippen LogP contribution in [-0.2, 0) is 47.0 Å². The second-order valence-electron chi connectivity index (χ2n) is 15.5. The van der Waals surface area contributed by atoms with Crippen molar-refractivity contribution in [1.82, 2.24) is 15.0 Å². The lowest BCUT2D eigenvalue weighted by Crippen LogP contribution is -2.12. The highest BCUT2D eigenvalue weighted by Gasteiger charge is 2.21. The molecule has 0 atom stereocenters.